The van der Waals surface area contributed by atoms with Gasteiger partial charge in [-0.25, -0.2) is 9.97 Å². The van der Waals surface area contributed by atoms with Crippen molar-refractivity contribution in [3.05, 3.63) is 16.8 Å². The second-order valence-electron chi connectivity index (χ2n) is 5.74. The zero-order chi connectivity index (χ0) is 13.0. The lowest BCUT2D eigenvalue weighted by molar-refractivity contribution is 0.533. The molecule has 4 rings (SSSR count). The molecule has 4 nitrogen and oxygen atoms in total. The third-order valence-corrected chi connectivity index (χ3v) is 5.75. The minimum absolute atomic E-state index is 0.796. The maximum atomic E-state index is 4.59. The van der Waals surface area contributed by atoms with Crippen molar-refractivity contribution in [1.82, 2.24) is 15.3 Å². The van der Waals surface area contributed by atoms with Gasteiger partial charge in [-0.05, 0) is 31.2 Å². The molecule has 0 spiro atoms. The number of thiophene rings is 1. The van der Waals surface area contributed by atoms with Crippen molar-refractivity contribution in [2.45, 2.75) is 13.8 Å². The SMILES string of the molecule is Cc1sc2ncnc(N3C[C@H]4CNC[C@H]4C3)c2c1C. The zero-order valence-electron chi connectivity index (χ0n) is 11.3. The summed E-state index contributed by atoms with van der Waals surface area (Å²) >= 11 is 1.78. The summed E-state index contributed by atoms with van der Waals surface area (Å²) in [6.07, 6.45) is 1.72. The minimum atomic E-state index is 0.796. The summed E-state index contributed by atoms with van der Waals surface area (Å²) in [6.45, 7) is 8.97. The number of hydrogen-bond donors (Lipinski definition) is 1. The van der Waals surface area contributed by atoms with Crippen molar-refractivity contribution in [1.29, 1.82) is 0 Å². The maximum absolute atomic E-state index is 4.59. The van der Waals surface area contributed by atoms with E-state index in [4.69, 9.17) is 0 Å². The highest BCUT2D eigenvalue weighted by Crippen LogP contribution is 2.37. The number of aromatic nitrogens is 2. The van der Waals surface area contributed by atoms with Crippen LogP contribution < -0.4 is 10.2 Å². The number of anilines is 1. The first kappa shape index (κ1) is 11.6. The largest absolute Gasteiger partial charge is 0.355 e. The fourth-order valence-corrected chi connectivity index (χ4v) is 4.42. The highest BCUT2D eigenvalue weighted by atomic mass is 32.1. The molecule has 2 aliphatic rings. The second-order valence-corrected chi connectivity index (χ2v) is 6.95. The van der Waals surface area contributed by atoms with E-state index >= 15 is 0 Å². The van der Waals surface area contributed by atoms with Gasteiger partial charge in [0.2, 0.25) is 0 Å². The Kier molecular flexibility index (Phi) is 2.53. The Morgan fingerprint density at radius 2 is 1.95 bits per heavy atom. The lowest BCUT2D eigenvalue weighted by atomic mass is 10.0. The average Bonchev–Trinajstić information content (AvgIpc) is 3.04. The van der Waals surface area contributed by atoms with Crippen LogP contribution in [0.15, 0.2) is 6.33 Å². The van der Waals surface area contributed by atoms with Gasteiger partial charge in [0.15, 0.2) is 0 Å². The molecule has 0 amide bonds. The lowest BCUT2D eigenvalue weighted by Crippen LogP contribution is -2.26. The van der Waals surface area contributed by atoms with Crippen LogP contribution in [-0.2, 0) is 0 Å². The third-order valence-electron chi connectivity index (χ3n) is 4.63. The average molecular weight is 274 g/mol. The van der Waals surface area contributed by atoms with Crippen LogP contribution in [0.2, 0.25) is 0 Å². The van der Waals surface area contributed by atoms with E-state index in [1.165, 1.54) is 15.8 Å². The summed E-state index contributed by atoms with van der Waals surface area (Å²) in [5.74, 6) is 2.75. The van der Waals surface area contributed by atoms with Gasteiger partial charge >= 0.3 is 0 Å². The third kappa shape index (κ3) is 1.68. The molecule has 1 N–H and O–H groups in total. The van der Waals surface area contributed by atoms with Crippen molar-refractivity contribution < 1.29 is 0 Å². The van der Waals surface area contributed by atoms with Crippen molar-refractivity contribution in [2.24, 2.45) is 11.8 Å². The van der Waals surface area contributed by atoms with E-state index < -0.39 is 0 Å². The zero-order valence-corrected chi connectivity index (χ0v) is 12.1. The Labute approximate surface area is 116 Å². The van der Waals surface area contributed by atoms with E-state index in [-0.39, 0.29) is 0 Å². The predicted molar refractivity (Wildman–Crippen MR) is 79.0 cm³/mol. The minimum Gasteiger partial charge on any atom is -0.355 e. The molecule has 2 aliphatic heterocycles. The Morgan fingerprint density at radius 3 is 2.68 bits per heavy atom. The molecule has 2 aromatic heterocycles. The van der Waals surface area contributed by atoms with Gasteiger partial charge in [0.05, 0.1) is 5.39 Å². The van der Waals surface area contributed by atoms with Crippen LogP contribution in [0.4, 0.5) is 5.82 Å². The van der Waals surface area contributed by atoms with Crippen LogP contribution >= 0.6 is 11.3 Å². The standard InChI is InChI=1S/C14H18N4S/c1-8-9(2)19-14-12(8)13(16-7-17-14)18-5-10-3-15-4-11(10)6-18/h7,10-11,15H,3-6H2,1-2H3/t10-,11+. The van der Waals surface area contributed by atoms with Crippen LogP contribution in [0.3, 0.4) is 0 Å². The summed E-state index contributed by atoms with van der Waals surface area (Å²) in [5.41, 5.74) is 1.35. The molecule has 0 aliphatic carbocycles. The van der Waals surface area contributed by atoms with E-state index in [1.54, 1.807) is 17.7 Å². The van der Waals surface area contributed by atoms with Crippen molar-refractivity contribution in [3.63, 3.8) is 0 Å². The molecule has 19 heavy (non-hydrogen) atoms. The second kappa shape index (κ2) is 4.15. The number of nitrogens with zero attached hydrogens (tertiary/aromatic N) is 3. The first-order valence-corrected chi connectivity index (χ1v) is 7.72. The summed E-state index contributed by atoms with van der Waals surface area (Å²) < 4.78 is 0. The molecule has 0 saturated carbocycles. The predicted octanol–water partition coefficient (Wildman–Crippen LogP) is 1.96. The molecule has 2 aromatic rings. The number of rotatable bonds is 1. The van der Waals surface area contributed by atoms with Gasteiger partial charge in [0, 0.05) is 31.1 Å². The molecule has 2 atom stereocenters. The van der Waals surface area contributed by atoms with Gasteiger partial charge in [-0.1, -0.05) is 0 Å². The molecule has 2 saturated heterocycles. The van der Waals surface area contributed by atoms with Crippen molar-refractivity contribution in [3.8, 4) is 0 Å². The van der Waals surface area contributed by atoms with Gasteiger partial charge in [-0.2, -0.15) is 0 Å². The van der Waals surface area contributed by atoms with Gasteiger partial charge in [0.1, 0.15) is 17.0 Å². The quantitative estimate of drug-likeness (QED) is 0.863. The molecule has 5 heteroatoms. The Bertz CT molecular complexity index is 624. The first-order chi connectivity index (χ1) is 9.24. The Balaban J connectivity index is 1.79. The molecular formula is C14H18N4S. The number of aryl methyl sites for hydroxylation is 2. The lowest BCUT2D eigenvalue weighted by Gasteiger charge is -2.19. The summed E-state index contributed by atoms with van der Waals surface area (Å²) in [7, 11) is 0. The molecular weight excluding hydrogens is 256 g/mol. The van der Waals surface area contributed by atoms with Gasteiger partial charge < -0.3 is 10.2 Å². The van der Waals surface area contributed by atoms with Gasteiger partial charge in [0.25, 0.3) is 0 Å². The molecule has 100 valence electrons. The van der Waals surface area contributed by atoms with Crippen LogP contribution in [0.5, 0.6) is 0 Å². The van der Waals surface area contributed by atoms with E-state index in [0.717, 1.165) is 48.7 Å². The summed E-state index contributed by atoms with van der Waals surface area (Å²) in [4.78, 5) is 14.0. The topological polar surface area (TPSA) is 41.1 Å². The van der Waals surface area contributed by atoms with Crippen molar-refractivity contribution >= 4 is 27.4 Å². The van der Waals surface area contributed by atoms with E-state index in [1.807, 2.05) is 0 Å². The molecule has 2 fully saturated rings. The normalized spacial score (nSPS) is 26.3. The number of fused-ring (bicyclic) bond motifs is 2. The molecule has 0 radical (unpaired) electrons. The fourth-order valence-electron chi connectivity index (χ4n) is 3.43. The highest BCUT2D eigenvalue weighted by molar-refractivity contribution is 7.18. The maximum Gasteiger partial charge on any atom is 0.141 e. The van der Waals surface area contributed by atoms with E-state index in [0.29, 0.717) is 0 Å². The van der Waals surface area contributed by atoms with Crippen LogP contribution in [0.25, 0.3) is 10.2 Å². The number of nitrogens with one attached hydrogen (secondary N) is 1. The van der Waals surface area contributed by atoms with Crippen LogP contribution in [0.1, 0.15) is 10.4 Å². The monoisotopic (exact) mass is 274 g/mol. The Morgan fingerprint density at radius 1 is 1.21 bits per heavy atom. The van der Waals surface area contributed by atoms with Crippen molar-refractivity contribution in [2.75, 3.05) is 31.1 Å². The van der Waals surface area contributed by atoms with Gasteiger partial charge in [-0.3, -0.25) is 0 Å². The van der Waals surface area contributed by atoms with E-state index in [2.05, 4.69) is 34.0 Å². The molecule has 0 bridgehead atoms. The summed E-state index contributed by atoms with van der Waals surface area (Å²) in [5, 5.41) is 4.77. The van der Waals surface area contributed by atoms with Gasteiger partial charge in [-0.15, -0.1) is 11.3 Å². The molecule has 0 aromatic carbocycles. The van der Waals surface area contributed by atoms with E-state index in [9.17, 15) is 0 Å². The number of hydrogen-bond acceptors (Lipinski definition) is 5. The first-order valence-electron chi connectivity index (χ1n) is 6.90. The Hall–Kier alpha value is -1.20. The highest BCUT2D eigenvalue weighted by Gasteiger charge is 2.37. The molecule has 0 unspecified atom stereocenters. The van der Waals surface area contributed by atoms with Crippen LogP contribution in [0, 0.1) is 25.7 Å². The smallest absolute Gasteiger partial charge is 0.141 e. The molecule has 4 heterocycles. The van der Waals surface area contributed by atoms with Crippen LogP contribution in [-0.4, -0.2) is 36.1 Å². The fraction of sp³-hybridized carbons (Fsp3) is 0.571. The summed E-state index contributed by atoms with van der Waals surface area (Å²) in [6, 6.07) is 0.